The topological polar surface area (TPSA) is 31.0 Å². The average molecular weight is 218 g/mol. The van der Waals surface area contributed by atoms with Crippen molar-refractivity contribution >= 4 is 0 Å². The van der Waals surface area contributed by atoms with Gasteiger partial charge in [0.15, 0.2) is 0 Å². The second kappa shape index (κ2) is 4.18. The molecule has 0 aromatic heterocycles. The molecule has 0 saturated carbocycles. The van der Waals surface area contributed by atoms with Gasteiger partial charge in [-0.25, -0.2) is 0 Å². The lowest BCUT2D eigenvalue weighted by Gasteiger charge is -2.05. The molecule has 3 rings (SSSR count). The Balaban J connectivity index is 1.48. The molecule has 1 heterocycles. The largest absolute Gasteiger partial charge is 0.495 e. The van der Waals surface area contributed by atoms with E-state index in [-0.39, 0.29) is 0 Å². The molecule has 0 aromatic rings. The SMILES string of the molecule is C1=CCC(OC2=CCC(OCC3CO3)=C2)=C1. The highest BCUT2D eigenvalue weighted by Gasteiger charge is 2.24. The molecule has 3 aliphatic rings. The molecule has 16 heavy (non-hydrogen) atoms. The van der Waals surface area contributed by atoms with Crippen LogP contribution in [0, 0.1) is 0 Å². The molecule has 1 fully saturated rings. The highest BCUT2D eigenvalue weighted by molar-refractivity contribution is 5.28. The molecule has 3 heteroatoms. The molecule has 1 aliphatic heterocycles. The zero-order valence-corrected chi connectivity index (χ0v) is 9.02. The van der Waals surface area contributed by atoms with Crippen molar-refractivity contribution in [3.8, 4) is 0 Å². The van der Waals surface area contributed by atoms with Gasteiger partial charge in [-0.05, 0) is 12.2 Å². The number of ether oxygens (including phenoxy) is 3. The Bertz CT molecular complexity index is 397. The van der Waals surface area contributed by atoms with Crippen LogP contribution in [0.1, 0.15) is 12.8 Å². The molecule has 0 aromatic carbocycles. The Kier molecular flexibility index (Phi) is 2.54. The van der Waals surface area contributed by atoms with E-state index in [1.54, 1.807) is 0 Å². The fourth-order valence-corrected chi connectivity index (χ4v) is 1.67. The molecule has 1 saturated heterocycles. The third kappa shape index (κ3) is 2.36. The quantitative estimate of drug-likeness (QED) is 0.664. The van der Waals surface area contributed by atoms with E-state index in [4.69, 9.17) is 14.2 Å². The van der Waals surface area contributed by atoms with Crippen LogP contribution in [-0.2, 0) is 14.2 Å². The predicted octanol–water partition coefficient (Wildman–Crippen LogP) is 2.43. The van der Waals surface area contributed by atoms with Crippen LogP contribution in [0.15, 0.2) is 47.7 Å². The first-order valence-corrected chi connectivity index (χ1v) is 5.59. The molecule has 3 nitrogen and oxygen atoms in total. The van der Waals surface area contributed by atoms with E-state index in [9.17, 15) is 0 Å². The Hall–Kier alpha value is -1.48. The van der Waals surface area contributed by atoms with Gasteiger partial charge in [-0.15, -0.1) is 0 Å². The number of hydrogen-bond donors (Lipinski definition) is 0. The standard InChI is InChI=1S/C13H14O3/c1-2-4-10(3-1)16-12-6-5-11(7-12)14-8-13-9-15-13/h1-3,6-7,13H,4-5,8-9H2. The van der Waals surface area contributed by atoms with E-state index in [0.29, 0.717) is 12.7 Å². The van der Waals surface area contributed by atoms with E-state index >= 15 is 0 Å². The summed E-state index contributed by atoms with van der Waals surface area (Å²) < 4.78 is 16.4. The minimum Gasteiger partial charge on any atom is -0.495 e. The van der Waals surface area contributed by atoms with Crippen molar-refractivity contribution < 1.29 is 14.2 Å². The van der Waals surface area contributed by atoms with Crippen LogP contribution in [0.2, 0.25) is 0 Å². The van der Waals surface area contributed by atoms with E-state index in [0.717, 1.165) is 36.7 Å². The first-order valence-electron chi connectivity index (χ1n) is 5.59. The number of allylic oxidation sites excluding steroid dienone is 5. The highest BCUT2D eigenvalue weighted by Crippen LogP contribution is 2.25. The fraction of sp³-hybridized carbons (Fsp3) is 0.385. The molecule has 0 bridgehead atoms. The van der Waals surface area contributed by atoms with Crippen molar-refractivity contribution in [2.75, 3.05) is 13.2 Å². The van der Waals surface area contributed by atoms with Crippen LogP contribution in [0.25, 0.3) is 0 Å². The summed E-state index contributed by atoms with van der Waals surface area (Å²) in [6.07, 6.45) is 12.1. The lowest BCUT2D eigenvalue weighted by atomic mass is 10.4. The monoisotopic (exact) mass is 218 g/mol. The van der Waals surface area contributed by atoms with Gasteiger partial charge in [-0.3, -0.25) is 0 Å². The maximum atomic E-state index is 5.70. The summed E-state index contributed by atoms with van der Waals surface area (Å²) in [6.45, 7) is 1.50. The zero-order chi connectivity index (χ0) is 10.8. The van der Waals surface area contributed by atoms with Crippen LogP contribution in [-0.4, -0.2) is 19.3 Å². The molecular formula is C13H14O3. The number of hydrogen-bond acceptors (Lipinski definition) is 3. The van der Waals surface area contributed by atoms with Crippen molar-refractivity contribution in [1.29, 1.82) is 0 Å². The lowest BCUT2D eigenvalue weighted by Crippen LogP contribution is -1.99. The van der Waals surface area contributed by atoms with Crippen molar-refractivity contribution in [3.63, 3.8) is 0 Å². The zero-order valence-electron chi connectivity index (χ0n) is 9.02. The Labute approximate surface area is 94.7 Å². The Morgan fingerprint density at radius 3 is 3.00 bits per heavy atom. The summed E-state index contributed by atoms with van der Waals surface area (Å²) in [6, 6.07) is 0. The van der Waals surface area contributed by atoms with Gasteiger partial charge in [-0.1, -0.05) is 12.2 Å². The maximum Gasteiger partial charge on any atom is 0.126 e. The third-order valence-electron chi connectivity index (χ3n) is 2.65. The van der Waals surface area contributed by atoms with Crippen molar-refractivity contribution in [3.05, 3.63) is 47.7 Å². The van der Waals surface area contributed by atoms with Crippen LogP contribution in [0.5, 0.6) is 0 Å². The normalized spacial score (nSPS) is 26.2. The maximum absolute atomic E-state index is 5.70. The number of rotatable bonds is 5. The first-order chi connectivity index (χ1) is 7.90. The highest BCUT2D eigenvalue weighted by atomic mass is 16.6. The summed E-state index contributed by atoms with van der Waals surface area (Å²) in [5.41, 5.74) is 0. The van der Waals surface area contributed by atoms with E-state index < -0.39 is 0 Å². The van der Waals surface area contributed by atoms with Gasteiger partial charge >= 0.3 is 0 Å². The van der Waals surface area contributed by atoms with Crippen LogP contribution in [0.4, 0.5) is 0 Å². The van der Waals surface area contributed by atoms with E-state index in [2.05, 4.69) is 6.08 Å². The number of epoxide rings is 1. The van der Waals surface area contributed by atoms with Crippen LogP contribution >= 0.6 is 0 Å². The second-order valence-electron chi connectivity index (χ2n) is 4.05. The fourth-order valence-electron chi connectivity index (χ4n) is 1.67. The van der Waals surface area contributed by atoms with Gasteiger partial charge in [0.2, 0.25) is 0 Å². The Morgan fingerprint density at radius 2 is 2.25 bits per heavy atom. The molecule has 1 unspecified atom stereocenters. The van der Waals surface area contributed by atoms with Crippen molar-refractivity contribution in [2.24, 2.45) is 0 Å². The van der Waals surface area contributed by atoms with Crippen LogP contribution in [0.3, 0.4) is 0 Å². The summed E-state index contributed by atoms with van der Waals surface area (Å²) in [5.74, 6) is 2.85. The van der Waals surface area contributed by atoms with Gasteiger partial charge in [0, 0.05) is 18.9 Å². The molecule has 84 valence electrons. The summed E-state index contributed by atoms with van der Waals surface area (Å²) in [7, 11) is 0. The van der Waals surface area contributed by atoms with Gasteiger partial charge in [-0.2, -0.15) is 0 Å². The minimum atomic E-state index is 0.313. The van der Waals surface area contributed by atoms with Crippen molar-refractivity contribution in [2.45, 2.75) is 18.9 Å². The summed E-state index contributed by atoms with van der Waals surface area (Å²) in [4.78, 5) is 0. The predicted molar refractivity (Wildman–Crippen MR) is 59.4 cm³/mol. The smallest absolute Gasteiger partial charge is 0.126 e. The van der Waals surface area contributed by atoms with Gasteiger partial charge < -0.3 is 14.2 Å². The molecule has 0 radical (unpaired) electrons. The first kappa shape index (κ1) is 9.73. The molecular weight excluding hydrogens is 204 g/mol. The van der Waals surface area contributed by atoms with Gasteiger partial charge in [0.1, 0.15) is 30.0 Å². The summed E-state index contributed by atoms with van der Waals surface area (Å²) >= 11 is 0. The molecule has 2 aliphatic carbocycles. The van der Waals surface area contributed by atoms with Gasteiger partial charge in [0.05, 0.1) is 6.61 Å². The molecule has 0 N–H and O–H groups in total. The second-order valence-corrected chi connectivity index (χ2v) is 4.05. The Morgan fingerprint density at radius 1 is 1.31 bits per heavy atom. The molecule has 0 spiro atoms. The van der Waals surface area contributed by atoms with E-state index in [1.165, 1.54) is 0 Å². The molecule has 1 atom stereocenters. The third-order valence-corrected chi connectivity index (χ3v) is 2.65. The minimum absolute atomic E-state index is 0.313. The average Bonchev–Trinajstić information content (AvgIpc) is 2.78. The summed E-state index contributed by atoms with van der Waals surface area (Å²) in [5, 5.41) is 0. The van der Waals surface area contributed by atoms with Crippen molar-refractivity contribution in [1.82, 2.24) is 0 Å². The van der Waals surface area contributed by atoms with Crippen LogP contribution < -0.4 is 0 Å². The van der Waals surface area contributed by atoms with Gasteiger partial charge in [0.25, 0.3) is 0 Å². The lowest BCUT2D eigenvalue weighted by molar-refractivity contribution is 0.180. The van der Waals surface area contributed by atoms with E-state index in [1.807, 2.05) is 24.3 Å². The molecule has 0 amide bonds.